The van der Waals surface area contributed by atoms with Crippen molar-refractivity contribution in [3.05, 3.63) is 36.4 Å². The van der Waals surface area contributed by atoms with Crippen molar-refractivity contribution in [2.45, 2.75) is 6.36 Å². The molecule has 0 heterocycles. The first-order chi connectivity index (χ1) is 9.85. The Balaban J connectivity index is 2.01. The van der Waals surface area contributed by atoms with Crippen LogP contribution in [0.2, 0.25) is 0 Å². The van der Waals surface area contributed by atoms with Crippen molar-refractivity contribution < 1.29 is 32.7 Å². The summed E-state index contributed by atoms with van der Waals surface area (Å²) in [4.78, 5) is 0. The fourth-order valence-corrected chi connectivity index (χ4v) is 1.81. The minimum Gasteiger partial charge on any atom is -0.491 e. The predicted molar refractivity (Wildman–Crippen MR) is 71.3 cm³/mol. The summed E-state index contributed by atoms with van der Waals surface area (Å²) < 4.78 is 44.1. The SMILES string of the molecule is OB(O)c1ccc2cc(OCCOC(F)(F)F)ccc2c1. The van der Waals surface area contributed by atoms with E-state index in [4.69, 9.17) is 14.8 Å². The summed E-state index contributed by atoms with van der Waals surface area (Å²) in [6, 6.07) is 9.74. The lowest BCUT2D eigenvalue weighted by atomic mass is 9.79. The number of hydrogen-bond acceptors (Lipinski definition) is 4. The molecule has 0 aliphatic heterocycles. The lowest BCUT2D eigenvalue weighted by Gasteiger charge is -2.10. The molecule has 2 aromatic carbocycles. The van der Waals surface area contributed by atoms with Crippen LogP contribution in [-0.4, -0.2) is 36.7 Å². The fraction of sp³-hybridized carbons (Fsp3) is 0.231. The van der Waals surface area contributed by atoms with Crippen LogP contribution in [-0.2, 0) is 4.74 Å². The van der Waals surface area contributed by atoms with Crippen LogP contribution < -0.4 is 10.2 Å². The van der Waals surface area contributed by atoms with Crippen molar-refractivity contribution in [2.24, 2.45) is 0 Å². The highest BCUT2D eigenvalue weighted by Crippen LogP contribution is 2.20. The Morgan fingerprint density at radius 1 is 0.952 bits per heavy atom. The van der Waals surface area contributed by atoms with Crippen LogP contribution in [0.5, 0.6) is 5.75 Å². The smallest absolute Gasteiger partial charge is 0.491 e. The minimum atomic E-state index is -4.66. The van der Waals surface area contributed by atoms with Gasteiger partial charge in [-0.1, -0.05) is 24.3 Å². The number of ether oxygens (including phenoxy) is 2. The second kappa shape index (κ2) is 6.34. The first-order valence-corrected chi connectivity index (χ1v) is 6.08. The maximum atomic E-state index is 11.8. The van der Waals surface area contributed by atoms with Gasteiger partial charge in [0, 0.05) is 0 Å². The Morgan fingerprint density at radius 3 is 2.29 bits per heavy atom. The molecule has 2 aromatic rings. The average molecular weight is 300 g/mol. The van der Waals surface area contributed by atoms with E-state index in [1.54, 1.807) is 36.4 Å². The van der Waals surface area contributed by atoms with Crippen LogP contribution in [0.25, 0.3) is 10.8 Å². The molecule has 0 aliphatic rings. The van der Waals surface area contributed by atoms with Gasteiger partial charge in [-0.2, -0.15) is 0 Å². The molecule has 21 heavy (non-hydrogen) atoms. The molecular formula is C13H12BF3O4. The lowest BCUT2D eigenvalue weighted by Crippen LogP contribution is -2.29. The van der Waals surface area contributed by atoms with E-state index in [9.17, 15) is 13.2 Å². The van der Waals surface area contributed by atoms with Crippen molar-refractivity contribution in [3.8, 4) is 5.75 Å². The van der Waals surface area contributed by atoms with Gasteiger partial charge < -0.3 is 14.8 Å². The summed E-state index contributed by atoms with van der Waals surface area (Å²) in [5.41, 5.74) is 0.356. The molecule has 112 valence electrons. The molecule has 0 aliphatic carbocycles. The maximum Gasteiger partial charge on any atom is 0.522 e. The first kappa shape index (κ1) is 15.6. The molecule has 0 aromatic heterocycles. The van der Waals surface area contributed by atoms with E-state index in [1.807, 2.05) is 0 Å². The van der Waals surface area contributed by atoms with Gasteiger partial charge in [0.05, 0.1) is 6.61 Å². The number of halogens is 3. The highest BCUT2D eigenvalue weighted by Gasteiger charge is 2.28. The number of fused-ring (bicyclic) bond motifs is 1. The number of alkyl halides is 3. The molecule has 0 atom stereocenters. The van der Waals surface area contributed by atoms with Crippen molar-refractivity contribution in [3.63, 3.8) is 0 Å². The quantitative estimate of drug-likeness (QED) is 0.648. The Kier molecular flexibility index (Phi) is 4.71. The van der Waals surface area contributed by atoms with E-state index < -0.39 is 20.1 Å². The molecule has 0 spiro atoms. The second-order valence-electron chi connectivity index (χ2n) is 4.28. The molecule has 0 amide bonds. The number of rotatable bonds is 5. The van der Waals surface area contributed by atoms with E-state index >= 15 is 0 Å². The van der Waals surface area contributed by atoms with Crippen molar-refractivity contribution in [2.75, 3.05) is 13.2 Å². The van der Waals surface area contributed by atoms with Crippen LogP contribution in [0.15, 0.2) is 36.4 Å². The molecule has 0 unspecified atom stereocenters. The normalized spacial score (nSPS) is 11.7. The van der Waals surface area contributed by atoms with E-state index in [-0.39, 0.29) is 6.61 Å². The van der Waals surface area contributed by atoms with Crippen LogP contribution in [0.4, 0.5) is 13.2 Å². The summed E-state index contributed by atoms with van der Waals surface area (Å²) in [6.45, 7) is -0.810. The molecule has 0 radical (unpaired) electrons. The zero-order valence-electron chi connectivity index (χ0n) is 10.8. The van der Waals surface area contributed by atoms with Crippen LogP contribution in [0.3, 0.4) is 0 Å². The Hall–Kier alpha value is -1.77. The average Bonchev–Trinajstić information content (AvgIpc) is 2.41. The van der Waals surface area contributed by atoms with Gasteiger partial charge in [-0.15, -0.1) is 13.2 Å². The van der Waals surface area contributed by atoms with Gasteiger partial charge in [0.2, 0.25) is 0 Å². The molecule has 2 N–H and O–H groups in total. The van der Waals surface area contributed by atoms with Gasteiger partial charge in [0.1, 0.15) is 12.4 Å². The topological polar surface area (TPSA) is 58.9 Å². The molecule has 0 fully saturated rings. The third-order valence-electron chi connectivity index (χ3n) is 2.75. The van der Waals surface area contributed by atoms with E-state index in [1.165, 1.54) is 0 Å². The van der Waals surface area contributed by atoms with Crippen LogP contribution in [0.1, 0.15) is 0 Å². The molecule has 0 bridgehead atoms. The van der Waals surface area contributed by atoms with Gasteiger partial charge in [0.15, 0.2) is 0 Å². The summed E-state index contributed by atoms with van der Waals surface area (Å²) in [6.07, 6.45) is -4.66. The molecule has 0 saturated carbocycles. The standard InChI is InChI=1S/C13H12BF3O4/c15-13(16,17)21-6-5-20-12-4-2-9-7-11(14(18)19)3-1-10(9)8-12/h1-4,7-8,18-19H,5-6H2. The van der Waals surface area contributed by atoms with Crippen molar-refractivity contribution in [1.82, 2.24) is 0 Å². The van der Waals surface area contributed by atoms with Gasteiger partial charge in [-0.05, 0) is 28.4 Å². The van der Waals surface area contributed by atoms with E-state index in [0.717, 1.165) is 10.8 Å². The third kappa shape index (κ3) is 4.63. The van der Waals surface area contributed by atoms with Gasteiger partial charge in [0.25, 0.3) is 0 Å². The molecule has 4 nitrogen and oxygen atoms in total. The lowest BCUT2D eigenvalue weighted by molar-refractivity contribution is -0.325. The number of hydrogen-bond donors (Lipinski definition) is 2. The summed E-state index contributed by atoms with van der Waals surface area (Å²) in [5, 5.41) is 19.7. The monoisotopic (exact) mass is 300 g/mol. The number of benzene rings is 2. The molecular weight excluding hydrogens is 288 g/mol. The van der Waals surface area contributed by atoms with Crippen LogP contribution >= 0.6 is 0 Å². The largest absolute Gasteiger partial charge is 0.522 e. The van der Waals surface area contributed by atoms with Crippen LogP contribution in [0, 0.1) is 0 Å². The van der Waals surface area contributed by atoms with Crippen molar-refractivity contribution >= 4 is 23.4 Å². The molecule has 8 heteroatoms. The van der Waals surface area contributed by atoms with E-state index in [2.05, 4.69) is 4.74 Å². The Morgan fingerprint density at radius 2 is 1.62 bits per heavy atom. The minimum absolute atomic E-state index is 0.224. The maximum absolute atomic E-state index is 11.8. The van der Waals surface area contributed by atoms with Crippen molar-refractivity contribution in [1.29, 1.82) is 0 Å². The Labute approximate surface area is 118 Å². The second-order valence-corrected chi connectivity index (χ2v) is 4.28. The van der Waals surface area contributed by atoms with Gasteiger partial charge in [-0.3, -0.25) is 4.74 Å². The summed E-state index contributed by atoms with van der Waals surface area (Å²) >= 11 is 0. The third-order valence-corrected chi connectivity index (χ3v) is 2.75. The predicted octanol–water partition coefficient (Wildman–Crippen LogP) is 1.43. The summed E-state index contributed by atoms with van der Waals surface area (Å²) in [7, 11) is -1.55. The fourth-order valence-electron chi connectivity index (χ4n) is 1.81. The van der Waals surface area contributed by atoms with Gasteiger partial charge >= 0.3 is 13.5 Å². The molecule has 0 saturated heterocycles. The Bertz CT molecular complexity index is 616. The highest BCUT2D eigenvalue weighted by atomic mass is 19.4. The zero-order valence-corrected chi connectivity index (χ0v) is 10.8. The van der Waals surface area contributed by atoms with Gasteiger partial charge in [-0.25, -0.2) is 0 Å². The zero-order chi connectivity index (χ0) is 15.5. The van der Waals surface area contributed by atoms with E-state index in [0.29, 0.717) is 11.2 Å². The summed E-state index contributed by atoms with van der Waals surface area (Å²) in [5.74, 6) is 0.408. The molecule has 2 rings (SSSR count). The highest BCUT2D eigenvalue weighted by molar-refractivity contribution is 6.58. The first-order valence-electron chi connectivity index (χ1n) is 6.08.